The molecule has 0 spiro atoms. The van der Waals surface area contributed by atoms with Gasteiger partial charge in [-0.2, -0.15) is 0 Å². The summed E-state index contributed by atoms with van der Waals surface area (Å²) in [6, 6.07) is 9.46. The molecule has 0 aliphatic heterocycles. The van der Waals surface area contributed by atoms with Gasteiger partial charge in [-0.1, -0.05) is 25.1 Å². The third-order valence-electron chi connectivity index (χ3n) is 3.31. The Morgan fingerprint density at radius 1 is 1.35 bits per heavy atom. The summed E-state index contributed by atoms with van der Waals surface area (Å²) in [6.07, 6.45) is 2.67. The number of nitrogens with one attached hydrogen (secondary N) is 2. The van der Waals surface area contributed by atoms with E-state index in [4.69, 9.17) is 0 Å². The zero-order valence-corrected chi connectivity index (χ0v) is 12.5. The quantitative estimate of drug-likeness (QED) is 0.859. The first-order chi connectivity index (χ1) is 9.64. The van der Waals surface area contributed by atoms with E-state index in [1.165, 1.54) is 0 Å². The van der Waals surface area contributed by atoms with E-state index < -0.39 is 0 Å². The van der Waals surface area contributed by atoms with Crippen molar-refractivity contribution < 1.29 is 4.79 Å². The maximum absolute atomic E-state index is 12.0. The smallest absolute Gasteiger partial charge is 0.238 e. The first kappa shape index (κ1) is 14.7. The monoisotopic (exact) mass is 289 g/mol. The lowest BCUT2D eigenvalue weighted by molar-refractivity contribution is -0.115. The van der Waals surface area contributed by atoms with Crippen LogP contribution in [-0.2, 0) is 10.3 Å². The molecule has 0 fully saturated rings. The molecule has 1 aromatic carbocycles. The van der Waals surface area contributed by atoms with Crippen LogP contribution in [0.3, 0.4) is 0 Å². The number of para-hydroxylation sites is 1. The highest BCUT2D eigenvalue weighted by atomic mass is 32.1. The maximum Gasteiger partial charge on any atom is 0.238 e. The van der Waals surface area contributed by atoms with E-state index in [9.17, 15) is 4.79 Å². The predicted molar refractivity (Wildman–Crippen MR) is 82.8 cm³/mol. The van der Waals surface area contributed by atoms with Gasteiger partial charge < -0.3 is 5.32 Å². The Hall–Kier alpha value is -1.72. The van der Waals surface area contributed by atoms with Crippen LogP contribution in [0.1, 0.15) is 25.3 Å². The molecular formula is C15H19N3OS. The number of aromatic nitrogens is 1. The summed E-state index contributed by atoms with van der Waals surface area (Å²) in [5.74, 6) is -0.0487. The van der Waals surface area contributed by atoms with Crippen molar-refractivity contribution in [1.29, 1.82) is 0 Å². The second-order valence-corrected chi connectivity index (χ2v) is 5.69. The van der Waals surface area contributed by atoms with E-state index in [1.807, 2.05) is 35.7 Å². The van der Waals surface area contributed by atoms with E-state index in [2.05, 4.69) is 29.5 Å². The van der Waals surface area contributed by atoms with Crippen LogP contribution in [0.4, 0.5) is 5.69 Å². The first-order valence-corrected chi connectivity index (χ1v) is 7.52. The number of rotatable bonds is 6. The second kappa shape index (κ2) is 6.63. The molecule has 1 aromatic heterocycles. The highest BCUT2D eigenvalue weighted by molar-refractivity contribution is 7.09. The lowest BCUT2D eigenvalue weighted by Crippen LogP contribution is -2.43. The van der Waals surface area contributed by atoms with Gasteiger partial charge in [0.2, 0.25) is 5.91 Å². The van der Waals surface area contributed by atoms with Crippen molar-refractivity contribution >= 4 is 22.9 Å². The molecule has 20 heavy (non-hydrogen) atoms. The second-order valence-electron chi connectivity index (χ2n) is 4.79. The number of amides is 1. The Morgan fingerprint density at radius 3 is 2.70 bits per heavy atom. The van der Waals surface area contributed by atoms with E-state index in [0.29, 0.717) is 0 Å². The minimum Gasteiger partial charge on any atom is -0.325 e. The molecule has 2 N–H and O–H groups in total. The number of hydrogen-bond acceptors (Lipinski definition) is 4. The Balaban J connectivity index is 1.92. The highest BCUT2D eigenvalue weighted by Crippen LogP contribution is 2.25. The average molecular weight is 289 g/mol. The molecule has 1 unspecified atom stereocenters. The molecule has 0 bridgehead atoms. The van der Waals surface area contributed by atoms with Crippen LogP contribution in [0.2, 0.25) is 0 Å². The minimum atomic E-state index is -0.262. The van der Waals surface area contributed by atoms with Crippen molar-refractivity contribution in [3.05, 3.63) is 46.9 Å². The number of benzene rings is 1. The topological polar surface area (TPSA) is 54.0 Å². The van der Waals surface area contributed by atoms with Crippen LogP contribution < -0.4 is 10.6 Å². The van der Waals surface area contributed by atoms with Gasteiger partial charge in [0.15, 0.2) is 0 Å². The Bertz CT molecular complexity index is 542. The number of carbonyl (C=O) groups is 1. The van der Waals surface area contributed by atoms with Gasteiger partial charge in [0, 0.05) is 17.3 Å². The van der Waals surface area contributed by atoms with Crippen molar-refractivity contribution in [2.75, 3.05) is 11.9 Å². The first-order valence-electron chi connectivity index (χ1n) is 6.64. The Kier molecular flexibility index (Phi) is 4.87. The van der Waals surface area contributed by atoms with Gasteiger partial charge in [-0.15, -0.1) is 11.3 Å². The molecule has 5 heteroatoms. The van der Waals surface area contributed by atoms with Crippen LogP contribution in [0.5, 0.6) is 0 Å². The van der Waals surface area contributed by atoms with E-state index >= 15 is 0 Å². The largest absolute Gasteiger partial charge is 0.325 e. The van der Waals surface area contributed by atoms with Gasteiger partial charge in [0.1, 0.15) is 5.01 Å². The van der Waals surface area contributed by atoms with Crippen molar-refractivity contribution in [2.24, 2.45) is 0 Å². The summed E-state index contributed by atoms with van der Waals surface area (Å²) in [6.45, 7) is 4.42. The van der Waals surface area contributed by atoms with Gasteiger partial charge in [-0.3, -0.25) is 10.1 Å². The van der Waals surface area contributed by atoms with Crippen molar-refractivity contribution in [1.82, 2.24) is 10.3 Å². The lowest BCUT2D eigenvalue weighted by Gasteiger charge is -2.27. The summed E-state index contributed by atoms with van der Waals surface area (Å²) in [7, 11) is 0. The minimum absolute atomic E-state index is 0.0487. The third kappa shape index (κ3) is 3.65. The van der Waals surface area contributed by atoms with E-state index in [0.717, 1.165) is 17.1 Å². The molecule has 1 heterocycles. The van der Waals surface area contributed by atoms with Crippen LogP contribution in [0.25, 0.3) is 0 Å². The SMILES string of the molecule is CCC(C)(NCC(=O)Nc1ccccc1)c1nccs1. The predicted octanol–water partition coefficient (Wildman–Crippen LogP) is 3.00. The van der Waals surface area contributed by atoms with Crippen LogP contribution in [0.15, 0.2) is 41.9 Å². The van der Waals surface area contributed by atoms with Crippen molar-refractivity contribution in [3.8, 4) is 0 Å². The van der Waals surface area contributed by atoms with Crippen LogP contribution >= 0.6 is 11.3 Å². The molecule has 0 aliphatic carbocycles. The maximum atomic E-state index is 12.0. The fourth-order valence-electron chi connectivity index (χ4n) is 1.85. The number of hydrogen-bond donors (Lipinski definition) is 2. The van der Waals surface area contributed by atoms with Gasteiger partial charge in [-0.25, -0.2) is 4.98 Å². The number of carbonyl (C=O) groups excluding carboxylic acids is 1. The van der Waals surface area contributed by atoms with Gasteiger partial charge in [0.05, 0.1) is 12.1 Å². The highest BCUT2D eigenvalue weighted by Gasteiger charge is 2.27. The molecule has 0 saturated carbocycles. The number of thiazole rings is 1. The molecule has 2 rings (SSSR count). The van der Waals surface area contributed by atoms with E-state index in [1.54, 1.807) is 17.5 Å². The molecule has 0 saturated heterocycles. The molecule has 0 radical (unpaired) electrons. The standard InChI is InChI=1S/C15H19N3OS/c1-3-15(2,14-16-9-10-20-14)17-11-13(19)18-12-7-5-4-6-8-12/h4-10,17H,3,11H2,1-2H3,(H,18,19). The van der Waals surface area contributed by atoms with Crippen molar-refractivity contribution in [3.63, 3.8) is 0 Å². The molecule has 1 amide bonds. The van der Waals surface area contributed by atoms with Crippen molar-refractivity contribution in [2.45, 2.75) is 25.8 Å². The Morgan fingerprint density at radius 2 is 2.10 bits per heavy atom. The summed E-state index contributed by atoms with van der Waals surface area (Å²) in [4.78, 5) is 16.3. The number of nitrogens with zero attached hydrogens (tertiary/aromatic N) is 1. The summed E-state index contributed by atoms with van der Waals surface area (Å²) in [5.41, 5.74) is 0.550. The molecule has 106 valence electrons. The summed E-state index contributed by atoms with van der Waals surface area (Å²) < 4.78 is 0. The molecule has 1 atom stereocenters. The normalized spacial score (nSPS) is 13.7. The third-order valence-corrected chi connectivity index (χ3v) is 4.35. The Labute approximate surface area is 123 Å². The fraction of sp³-hybridized carbons (Fsp3) is 0.333. The van der Waals surface area contributed by atoms with Gasteiger partial charge in [-0.05, 0) is 25.5 Å². The molecule has 4 nitrogen and oxygen atoms in total. The lowest BCUT2D eigenvalue weighted by atomic mass is 10.00. The number of anilines is 1. The zero-order chi connectivity index (χ0) is 14.4. The van der Waals surface area contributed by atoms with Crippen LogP contribution in [0, 0.1) is 0 Å². The van der Waals surface area contributed by atoms with Crippen LogP contribution in [-0.4, -0.2) is 17.4 Å². The van der Waals surface area contributed by atoms with Gasteiger partial charge >= 0.3 is 0 Å². The fourth-order valence-corrected chi connectivity index (χ4v) is 2.70. The molecule has 2 aromatic rings. The molecule has 0 aliphatic rings. The zero-order valence-electron chi connectivity index (χ0n) is 11.7. The van der Waals surface area contributed by atoms with Gasteiger partial charge in [0.25, 0.3) is 0 Å². The summed E-state index contributed by atoms with van der Waals surface area (Å²) in [5, 5.41) is 9.13. The summed E-state index contributed by atoms with van der Waals surface area (Å²) >= 11 is 1.60. The molecular weight excluding hydrogens is 270 g/mol. The average Bonchev–Trinajstić information content (AvgIpc) is 3.01. The van der Waals surface area contributed by atoms with E-state index in [-0.39, 0.29) is 18.0 Å².